The lowest BCUT2D eigenvalue weighted by atomic mass is 10.0. The van der Waals surface area contributed by atoms with Gasteiger partial charge in [-0.25, -0.2) is 9.59 Å². The van der Waals surface area contributed by atoms with E-state index >= 15 is 0 Å². The number of rotatable bonds is 24. The van der Waals surface area contributed by atoms with Gasteiger partial charge in [0.25, 0.3) is 0 Å². The fourth-order valence-electron chi connectivity index (χ4n) is 4.24. The summed E-state index contributed by atoms with van der Waals surface area (Å²) in [4.78, 5) is 62.3. The fraction of sp³-hybridized carbons (Fsp3) is 0.633. The molecule has 21 nitrogen and oxygen atoms in total. The second-order valence-electron chi connectivity index (χ2n) is 11.4. The molecule has 0 aliphatic heterocycles. The van der Waals surface area contributed by atoms with Gasteiger partial charge in [-0.05, 0) is 18.4 Å². The molecule has 4 amide bonds. The van der Waals surface area contributed by atoms with Crippen LogP contribution >= 0.6 is 0 Å². The van der Waals surface area contributed by atoms with Crippen LogP contribution in [0.1, 0.15) is 31.2 Å². The number of carboxylic acids is 1. The Kier molecular flexibility index (Phi) is 20.7. The van der Waals surface area contributed by atoms with Gasteiger partial charge in [-0.15, -0.1) is 0 Å². The van der Waals surface area contributed by atoms with Crippen LogP contribution in [0.25, 0.3) is 0 Å². The molecule has 0 aliphatic rings. The zero-order valence-electron chi connectivity index (χ0n) is 27.4. The van der Waals surface area contributed by atoms with E-state index in [1.807, 2.05) is 0 Å². The number of amides is 4. The molecule has 21 heteroatoms. The first-order valence-corrected chi connectivity index (χ1v) is 15.7. The molecular formula is C30H48N4O17. The summed E-state index contributed by atoms with van der Waals surface area (Å²) in [6, 6.07) is 5.10. The fourth-order valence-corrected chi connectivity index (χ4v) is 4.24. The summed E-state index contributed by atoms with van der Waals surface area (Å²) in [7, 11) is 0. The first-order chi connectivity index (χ1) is 24.0. The van der Waals surface area contributed by atoms with Crippen molar-refractivity contribution in [1.82, 2.24) is 21.3 Å². The predicted octanol–water partition coefficient (Wildman–Crippen LogP) is -6.48. The smallest absolute Gasteiger partial charge is 0.408 e. The number of benzene rings is 1. The van der Waals surface area contributed by atoms with Crippen molar-refractivity contribution < 1.29 is 84.9 Å². The van der Waals surface area contributed by atoms with Crippen molar-refractivity contribution in [3.05, 3.63) is 35.9 Å². The molecule has 15 N–H and O–H groups in total. The van der Waals surface area contributed by atoms with Crippen molar-refractivity contribution in [2.24, 2.45) is 0 Å². The number of carbonyl (C=O) groups is 5. The van der Waals surface area contributed by atoms with Crippen molar-refractivity contribution in [3.63, 3.8) is 0 Å². The monoisotopic (exact) mass is 736 g/mol. The van der Waals surface area contributed by atoms with Gasteiger partial charge >= 0.3 is 12.1 Å². The van der Waals surface area contributed by atoms with Gasteiger partial charge in [0.1, 0.15) is 55.3 Å². The molecule has 0 fully saturated rings. The lowest BCUT2D eigenvalue weighted by Gasteiger charge is -2.26. The summed E-state index contributed by atoms with van der Waals surface area (Å²) in [5.74, 6) is -4.36. The number of hydrogen-bond acceptors (Lipinski definition) is 16. The van der Waals surface area contributed by atoms with Gasteiger partial charge < -0.3 is 82.2 Å². The van der Waals surface area contributed by atoms with Gasteiger partial charge in [0.2, 0.25) is 17.7 Å². The Morgan fingerprint density at radius 3 is 1.47 bits per heavy atom. The second kappa shape index (κ2) is 23.4. The molecule has 0 spiro atoms. The van der Waals surface area contributed by atoms with Crippen molar-refractivity contribution in [2.75, 3.05) is 26.3 Å². The van der Waals surface area contributed by atoms with Crippen LogP contribution in [0.3, 0.4) is 0 Å². The van der Waals surface area contributed by atoms with Crippen LogP contribution < -0.4 is 21.3 Å². The molecular weight excluding hydrogens is 688 g/mol. The predicted molar refractivity (Wildman–Crippen MR) is 170 cm³/mol. The maximum Gasteiger partial charge on any atom is 0.408 e. The van der Waals surface area contributed by atoms with Gasteiger partial charge in [-0.1, -0.05) is 30.3 Å². The lowest BCUT2D eigenvalue weighted by molar-refractivity contribution is -0.142. The zero-order valence-corrected chi connectivity index (χ0v) is 27.4. The maximum absolute atomic E-state index is 13.1. The number of aliphatic hydroxyl groups is 10. The van der Waals surface area contributed by atoms with Gasteiger partial charge in [-0.2, -0.15) is 0 Å². The number of nitrogens with one attached hydrogen (secondary N) is 4. The SMILES string of the molecule is O=C(CC[C@H](NC(=O)[C@H](CCC(=O)NC[C@H](O)[C@H](O)[C@H](O)[C@@H](O)CO)NC(=O)OCc1ccccc1)C(=O)O)NC[C@H](O)[C@H](O)[C@H](O)[C@@H](O)CO. The molecule has 0 bridgehead atoms. The van der Waals surface area contributed by atoms with Crippen molar-refractivity contribution in [2.45, 2.75) is 93.2 Å². The van der Waals surface area contributed by atoms with Crippen LogP contribution in [0.2, 0.25) is 0 Å². The van der Waals surface area contributed by atoms with Crippen molar-refractivity contribution >= 4 is 29.8 Å². The minimum atomic E-state index is -1.96. The number of aliphatic carboxylic acids is 1. The number of carbonyl (C=O) groups excluding carboxylic acids is 4. The number of aliphatic hydroxyl groups excluding tert-OH is 10. The molecule has 0 aromatic heterocycles. The van der Waals surface area contributed by atoms with Crippen LogP contribution in [0.5, 0.6) is 0 Å². The highest BCUT2D eigenvalue weighted by Crippen LogP contribution is 2.08. The standard InChI is InChI=1S/C30H48N4O17/c35-12-20(39)26(45)24(43)18(37)10-31-22(41)8-6-16(34-30(50)51-14-15-4-2-1-3-5-15)28(47)33-17(29(48)49)7-9-23(42)32-11-19(38)25(44)27(46)21(40)13-36/h1-5,16-21,24-27,35-40,43-46H,6-14H2,(H,31,41)(H,32,42)(H,33,47)(H,34,50)(H,48,49)/t16-,17-,18-,19-,20-,21-,24-,25-,26+,27+/m0/s1. The summed E-state index contributed by atoms with van der Waals surface area (Å²) in [6.07, 6.45) is -18.1. The Hall–Kier alpha value is -4.03. The molecule has 0 saturated heterocycles. The third-order valence-electron chi connectivity index (χ3n) is 7.42. The number of hydrogen-bond donors (Lipinski definition) is 15. The van der Waals surface area contributed by atoms with E-state index in [1.165, 1.54) is 0 Å². The highest BCUT2D eigenvalue weighted by Gasteiger charge is 2.32. The van der Waals surface area contributed by atoms with E-state index in [-0.39, 0.29) is 6.61 Å². The van der Waals surface area contributed by atoms with E-state index in [1.54, 1.807) is 30.3 Å². The lowest BCUT2D eigenvalue weighted by Crippen LogP contribution is -2.52. The number of alkyl carbamates (subject to hydrolysis) is 1. The number of carboxylic acid groups (broad SMARTS) is 1. The van der Waals surface area contributed by atoms with Crippen LogP contribution in [-0.2, 0) is 30.5 Å². The van der Waals surface area contributed by atoms with Crippen LogP contribution in [0, 0.1) is 0 Å². The molecule has 51 heavy (non-hydrogen) atoms. The molecule has 0 aliphatic carbocycles. The van der Waals surface area contributed by atoms with Crippen LogP contribution in [0.4, 0.5) is 4.79 Å². The van der Waals surface area contributed by atoms with Gasteiger partial charge in [0.05, 0.1) is 25.4 Å². The van der Waals surface area contributed by atoms with Gasteiger partial charge in [0, 0.05) is 25.9 Å². The Morgan fingerprint density at radius 1 is 0.608 bits per heavy atom. The van der Waals surface area contributed by atoms with E-state index in [4.69, 9.17) is 14.9 Å². The molecule has 290 valence electrons. The minimum Gasteiger partial charge on any atom is -0.480 e. The highest BCUT2D eigenvalue weighted by molar-refractivity contribution is 5.90. The number of ether oxygens (including phenoxy) is 1. The first-order valence-electron chi connectivity index (χ1n) is 15.7. The largest absolute Gasteiger partial charge is 0.480 e. The Balaban J connectivity index is 2.85. The zero-order chi connectivity index (χ0) is 38.7. The van der Waals surface area contributed by atoms with Crippen LogP contribution in [-0.4, -0.2) is 173 Å². The Labute approximate surface area is 291 Å². The summed E-state index contributed by atoms with van der Waals surface area (Å²) < 4.78 is 5.10. The second-order valence-corrected chi connectivity index (χ2v) is 11.4. The Bertz CT molecular complexity index is 1230. The molecule has 0 saturated carbocycles. The molecule has 1 rings (SSSR count). The van der Waals surface area contributed by atoms with E-state index < -0.39 is 143 Å². The maximum atomic E-state index is 13.1. The topological polar surface area (TPSA) is 365 Å². The van der Waals surface area contributed by atoms with Gasteiger partial charge in [-0.3, -0.25) is 14.4 Å². The van der Waals surface area contributed by atoms with Crippen molar-refractivity contribution in [3.8, 4) is 0 Å². The molecule has 0 radical (unpaired) electrons. The molecule has 1 aromatic rings. The van der Waals surface area contributed by atoms with E-state index in [0.717, 1.165) is 0 Å². The van der Waals surface area contributed by atoms with Gasteiger partial charge in [0.15, 0.2) is 0 Å². The average molecular weight is 737 g/mol. The van der Waals surface area contributed by atoms with E-state index in [9.17, 15) is 69.9 Å². The van der Waals surface area contributed by atoms with Crippen molar-refractivity contribution in [1.29, 1.82) is 0 Å². The van der Waals surface area contributed by atoms with Crippen LogP contribution in [0.15, 0.2) is 30.3 Å². The third kappa shape index (κ3) is 16.7. The summed E-state index contributed by atoms with van der Waals surface area (Å²) in [5.41, 5.74) is 0.593. The highest BCUT2D eigenvalue weighted by atomic mass is 16.5. The Morgan fingerprint density at radius 2 is 1.04 bits per heavy atom. The third-order valence-corrected chi connectivity index (χ3v) is 7.42. The van der Waals surface area contributed by atoms with E-state index in [2.05, 4.69) is 21.3 Å². The average Bonchev–Trinajstić information content (AvgIpc) is 3.13. The summed E-state index contributed by atoms with van der Waals surface area (Å²) in [6.45, 7) is -3.32. The molecule has 10 atom stereocenters. The normalized spacial score (nSPS) is 17.2. The quantitative estimate of drug-likeness (QED) is 0.0469. The van der Waals surface area contributed by atoms with E-state index in [0.29, 0.717) is 5.56 Å². The molecule has 1 aromatic carbocycles. The minimum absolute atomic E-state index is 0.210. The summed E-state index contributed by atoms with van der Waals surface area (Å²) >= 11 is 0. The molecule has 0 unspecified atom stereocenters. The molecule has 0 heterocycles. The summed E-state index contributed by atoms with van der Waals surface area (Å²) in [5, 5.41) is 114. The first kappa shape index (κ1) is 45.0.